The third kappa shape index (κ3) is 3.48. The van der Waals surface area contributed by atoms with Crippen LogP contribution in [0.3, 0.4) is 0 Å². The summed E-state index contributed by atoms with van der Waals surface area (Å²) in [7, 11) is 0. The highest BCUT2D eigenvalue weighted by atomic mass is 79.9. The Bertz CT molecular complexity index is 545. The lowest BCUT2D eigenvalue weighted by Gasteiger charge is -2.07. The summed E-state index contributed by atoms with van der Waals surface area (Å²) in [5, 5.41) is 0.574. The zero-order chi connectivity index (χ0) is 13.0. The molecule has 4 heteroatoms. The van der Waals surface area contributed by atoms with Gasteiger partial charge in [0, 0.05) is 4.47 Å². The highest BCUT2D eigenvalue weighted by molar-refractivity contribution is 9.10. The summed E-state index contributed by atoms with van der Waals surface area (Å²) in [5.41, 5.74) is 8.46. The Morgan fingerprint density at radius 1 is 1.11 bits per heavy atom. The molecule has 2 aromatic rings. The van der Waals surface area contributed by atoms with Crippen molar-refractivity contribution in [3.63, 3.8) is 0 Å². The first-order chi connectivity index (χ1) is 8.66. The standard InChI is InChI=1S/C14H13BrClNO/c15-12-4-2-1-3-11(12)9-18-8-10-5-6-13(16)14(17)7-10/h1-7H,8-9,17H2. The van der Waals surface area contributed by atoms with Gasteiger partial charge in [-0.15, -0.1) is 0 Å². The van der Waals surface area contributed by atoms with Gasteiger partial charge in [0.15, 0.2) is 0 Å². The third-order valence-electron chi connectivity index (χ3n) is 2.54. The molecule has 2 nitrogen and oxygen atoms in total. The molecule has 2 N–H and O–H groups in total. The maximum Gasteiger partial charge on any atom is 0.0732 e. The summed E-state index contributed by atoms with van der Waals surface area (Å²) < 4.78 is 6.71. The number of nitrogens with two attached hydrogens (primary N) is 1. The second-order valence-electron chi connectivity index (χ2n) is 3.94. The van der Waals surface area contributed by atoms with Crippen LogP contribution < -0.4 is 5.73 Å². The molecular weight excluding hydrogens is 314 g/mol. The number of halogens is 2. The van der Waals surface area contributed by atoms with E-state index in [2.05, 4.69) is 15.9 Å². The minimum atomic E-state index is 0.517. The molecule has 0 unspecified atom stereocenters. The van der Waals surface area contributed by atoms with Gasteiger partial charge in [0.2, 0.25) is 0 Å². The number of benzene rings is 2. The van der Waals surface area contributed by atoms with Crippen molar-refractivity contribution < 1.29 is 4.74 Å². The average Bonchev–Trinajstić information content (AvgIpc) is 2.36. The largest absolute Gasteiger partial charge is 0.398 e. The monoisotopic (exact) mass is 325 g/mol. The van der Waals surface area contributed by atoms with Crippen LogP contribution in [0.4, 0.5) is 5.69 Å². The summed E-state index contributed by atoms with van der Waals surface area (Å²) >= 11 is 9.35. The first kappa shape index (κ1) is 13.4. The quantitative estimate of drug-likeness (QED) is 0.845. The Morgan fingerprint density at radius 2 is 1.89 bits per heavy atom. The van der Waals surface area contributed by atoms with Crippen molar-refractivity contribution in [1.82, 2.24) is 0 Å². The molecule has 0 spiro atoms. The molecule has 0 saturated carbocycles. The topological polar surface area (TPSA) is 35.2 Å². The van der Waals surface area contributed by atoms with E-state index in [4.69, 9.17) is 22.1 Å². The number of hydrogen-bond acceptors (Lipinski definition) is 2. The number of rotatable bonds is 4. The molecule has 0 fully saturated rings. The highest BCUT2D eigenvalue weighted by Crippen LogP contribution is 2.21. The minimum Gasteiger partial charge on any atom is -0.398 e. The van der Waals surface area contributed by atoms with Gasteiger partial charge in [-0.2, -0.15) is 0 Å². The Hall–Kier alpha value is -1.03. The van der Waals surface area contributed by atoms with Gasteiger partial charge in [-0.3, -0.25) is 0 Å². The molecule has 0 amide bonds. The van der Waals surface area contributed by atoms with Crippen LogP contribution in [-0.2, 0) is 18.0 Å². The smallest absolute Gasteiger partial charge is 0.0732 e. The summed E-state index contributed by atoms with van der Waals surface area (Å²) in [6.45, 7) is 1.08. The molecule has 2 rings (SSSR count). The molecule has 0 radical (unpaired) electrons. The molecule has 2 aromatic carbocycles. The van der Waals surface area contributed by atoms with Gasteiger partial charge < -0.3 is 10.5 Å². The lowest BCUT2D eigenvalue weighted by Crippen LogP contribution is -1.96. The first-order valence-electron chi connectivity index (χ1n) is 5.52. The first-order valence-corrected chi connectivity index (χ1v) is 6.69. The van der Waals surface area contributed by atoms with E-state index in [9.17, 15) is 0 Å². The van der Waals surface area contributed by atoms with Gasteiger partial charge in [0.1, 0.15) is 0 Å². The predicted molar refractivity (Wildman–Crippen MR) is 78.5 cm³/mol. The van der Waals surface area contributed by atoms with Gasteiger partial charge in [0.25, 0.3) is 0 Å². The SMILES string of the molecule is Nc1cc(COCc2ccccc2Br)ccc1Cl. The number of hydrogen-bond donors (Lipinski definition) is 1. The van der Waals surface area contributed by atoms with Crippen molar-refractivity contribution in [2.45, 2.75) is 13.2 Å². The number of ether oxygens (including phenoxy) is 1. The van der Waals surface area contributed by atoms with E-state index in [0.717, 1.165) is 15.6 Å². The predicted octanol–water partition coefficient (Wildman–Crippen LogP) is 4.40. The molecule has 0 heterocycles. The molecule has 18 heavy (non-hydrogen) atoms. The van der Waals surface area contributed by atoms with Crippen LogP contribution in [0.1, 0.15) is 11.1 Å². The third-order valence-corrected chi connectivity index (χ3v) is 3.66. The van der Waals surface area contributed by atoms with E-state index in [1.165, 1.54) is 0 Å². The van der Waals surface area contributed by atoms with Gasteiger partial charge in [0.05, 0.1) is 23.9 Å². The van der Waals surface area contributed by atoms with Gasteiger partial charge in [-0.1, -0.05) is 51.8 Å². The fraction of sp³-hybridized carbons (Fsp3) is 0.143. The van der Waals surface area contributed by atoms with E-state index >= 15 is 0 Å². The van der Waals surface area contributed by atoms with Crippen LogP contribution in [0, 0.1) is 0 Å². The highest BCUT2D eigenvalue weighted by Gasteiger charge is 2.01. The van der Waals surface area contributed by atoms with Crippen LogP contribution in [0.5, 0.6) is 0 Å². The second kappa shape index (κ2) is 6.23. The summed E-state index contributed by atoms with van der Waals surface area (Å²) in [6, 6.07) is 13.5. The van der Waals surface area contributed by atoms with E-state index in [0.29, 0.717) is 23.9 Å². The number of nitrogen functional groups attached to an aromatic ring is 1. The maximum absolute atomic E-state index is 5.86. The minimum absolute atomic E-state index is 0.517. The van der Waals surface area contributed by atoms with Crippen molar-refractivity contribution >= 4 is 33.2 Å². The van der Waals surface area contributed by atoms with Crippen LogP contribution in [0.25, 0.3) is 0 Å². The lowest BCUT2D eigenvalue weighted by molar-refractivity contribution is 0.107. The van der Waals surface area contributed by atoms with Crippen LogP contribution in [0.2, 0.25) is 5.02 Å². The molecule has 0 aromatic heterocycles. The molecule has 0 aliphatic carbocycles. The molecule has 0 bridgehead atoms. The molecule has 0 aliphatic rings. The molecule has 0 atom stereocenters. The Balaban J connectivity index is 1.92. The van der Waals surface area contributed by atoms with Crippen LogP contribution in [0.15, 0.2) is 46.9 Å². The number of anilines is 1. The molecule has 94 valence electrons. The van der Waals surface area contributed by atoms with Crippen LogP contribution >= 0.6 is 27.5 Å². The fourth-order valence-electron chi connectivity index (χ4n) is 1.58. The maximum atomic E-state index is 5.86. The van der Waals surface area contributed by atoms with E-state index in [1.807, 2.05) is 36.4 Å². The molecule has 0 saturated heterocycles. The van der Waals surface area contributed by atoms with Crippen LogP contribution in [-0.4, -0.2) is 0 Å². The van der Waals surface area contributed by atoms with Crippen molar-refractivity contribution in [2.24, 2.45) is 0 Å². The zero-order valence-corrected chi connectivity index (χ0v) is 12.0. The van der Waals surface area contributed by atoms with Crippen molar-refractivity contribution in [3.05, 3.63) is 63.1 Å². The normalized spacial score (nSPS) is 10.6. The van der Waals surface area contributed by atoms with E-state index < -0.39 is 0 Å². The summed E-state index contributed by atoms with van der Waals surface area (Å²) in [6.07, 6.45) is 0. The van der Waals surface area contributed by atoms with Gasteiger partial charge >= 0.3 is 0 Å². The zero-order valence-electron chi connectivity index (χ0n) is 9.70. The Morgan fingerprint density at radius 3 is 2.61 bits per heavy atom. The van der Waals surface area contributed by atoms with E-state index in [1.54, 1.807) is 6.07 Å². The van der Waals surface area contributed by atoms with Gasteiger partial charge in [-0.25, -0.2) is 0 Å². The molecular formula is C14H13BrClNO. The van der Waals surface area contributed by atoms with Crippen molar-refractivity contribution in [2.75, 3.05) is 5.73 Å². The summed E-state index contributed by atoms with van der Waals surface area (Å²) in [5.74, 6) is 0. The van der Waals surface area contributed by atoms with Crippen molar-refractivity contribution in [3.8, 4) is 0 Å². The summed E-state index contributed by atoms with van der Waals surface area (Å²) in [4.78, 5) is 0. The average molecular weight is 327 g/mol. The Labute approximate surface area is 120 Å². The van der Waals surface area contributed by atoms with E-state index in [-0.39, 0.29) is 0 Å². The molecule has 0 aliphatic heterocycles. The Kier molecular flexibility index (Phi) is 4.64. The van der Waals surface area contributed by atoms with Crippen molar-refractivity contribution in [1.29, 1.82) is 0 Å². The lowest BCUT2D eigenvalue weighted by atomic mass is 10.2. The van der Waals surface area contributed by atoms with Gasteiger partial charge in [-0.05, 0) is 29.3 Å². The fourth-order valence-corrected chi connectivity index (χ4v) is 2.09. The second-order valence-corrected chi connectivity index (χ2v) is 5.20.